The molecule has 1 heterocycles. The quantitative estimate of drug-likeness (QED) is 0.351. The van der Waals surface area contributed by atoms with Crippen LogP contribution in [-0.4, -0.2) is 27.2 Å². The third-order valence-electron chi connectivity index (χ3n) is 3.90. The normalized spacial score (nSPS) is 10.9. The fraction of sp³-hybridized carbons (Fsp3) is 0.286. The number of benzene rings is 2. The van der Waals surface area contributed by atoms with Gasteiger partial charge in [-0.1, -0.05) is 85.8 Å². The summed E-state index contributed by atoms with van der Waals surface area (Å²) in [6.45, 7) is 2.24. The van der Waals surface area contributed by atoms with E-state index in [1.165, 1.54) is 29.9 Å². The summed E-state index contributed by atoms with van der Waals surface area (Å²) >= 11 is 3.85. The first-order valence-electron chi connectivity index (χ1n) is 8.80. The topological polar surface area (TPSA) is 28.7 Å². The number of H-pyrrole nitrogens is 1. The molecule has 130 valence electrons. The monoisotopic (exact) mass is 368 g/mol. The Bertz CT molecular complexity index is 697. The predicted octanol–water partition coefficient (Wildman–Crippen LogP) is 6.37. The molecule has 0 spiro atoms. The van der Waals surface area contributed by atoms with Gasteiger partial charge in [0.2, 0.25) is 0 Å². The molecule has 0 fully saturated rings. The molecule has 3 rings (SSSR count). The molecule has 3 aromatic rings. The summed E-state index contributed by atoms with van der Waals surface area (Å²) < 4.78 is 0. The Morgan fingerprint density at radius 1 is 0.840 bits per heavy atom. The van der Waals surface area contributed by atoms with Gasteiger partial charge in [0.25, 0.3) is 0 Å². The molecule has 0 bridgehead atoms. The minimum absolute atomic E-state index is 1.01. The first-order chi connectivity index (χ1) is 12.4. The van der Waals surface area contributed by atoms with Crippen LogP contribution in [-0.2, 0) is 0 Å². The molecule has 0 saturated carbocycles. The fourth-order valence-electron chi connectivity index (χ4n) is 2.58. The van der Waals surface area contributed by atoms with Gasteiger partial charge < -0.3 is 4.98 Å². The summed E-state index contributed by atoms with van der Waals surface area (Å²) in [4.78, 5) is 8.43. The van der Waals surface area contributed by atoms with E-state index in [9.17, 15) is 0 Å². The van der Waals surface area contributed by atoms with Crippen molar-refractivity contribution in [3.63, 3.8) is 0 Å². The molecular formula is C21H24N2S2. The van der Waals surface area contributed by atoms with Crippen molar-refractivity contribution in [1.29, 1.82) is 0 Å². The summed E-state index contributed by atoms with van der Waals surface area (Å²) in [7, 11) is 0. The lowest BCUT2D eigenvalue weighted by atomic mass is 10.1. The van der Waals surface area contributed by atoms with Gasteiger partial charge in [-0.3, -0.25) is 0 Å². The number of nitrogens with one attached hydrogen (secondary N) is 1. The van der Waals surface area contributed by atoms with Crippen molar-refractivity contribution in [3.8, 4) is 22.5 Å². The Kier molecular flexibility index (Phi) is 7.07. The zero-order valence-corrected chi connectivity index (χ0v) is 16.2. The number of hydrogen-bond donors (Lipinski definition) is 1. The summed E-state index contributed by atoms with van der Waals surface area (Å²) in [6, 6.07) is 20.9. The largest absolute Gasteiger partial charge is 0.332 e. The van der Waals surface area contributed by atoms with Crippen LogP contribution in [0.3, 0.4) is 0 Å². The highest BCUT2D eigenvalue weighted by atomic mass is 32.2. The molecule has 25 heavy (non-hydrogen) atoms. The van der Waals surface area contributed by atoms with Gasteiger partial charge in [-0.2, -0.15) is 11.8 Å². The van der Waals surface area contributed by atoms with E-state index >= 15 is 0 Å². The predicted molar refractivity (Wildman–Crippen MR) is 112 cm³/mol. The van der Waals surface area contributed by atoms with Crippen LogP contribution >= 0.6 is 23.5 Å². The zero-order chi connectivity index (χ0) is 17.3. The van der Waals surface area contributed by atoms with Crippen molar-refractivity contribution in [2.24, 2.45) is 0 Å². The van der Waals surface area contributed by atoms with Gasteiger partial charge >= 0.3 is 0 Å². The van der Waals surface area contributed by atoms with Crippen LogP contribution in [0.1, 0.15) is 19.8 Å². The van der Waals surface area contributed by atoms with Crippen LogP contribution in [0.4, 0.5) is 0 Å². The first kappa shape index (κ1) is 18.2. The molecule has 0 aliphatic rings. The second kappa shape index (κ2) is 9.73. The SMILES string of the molecule is CCCCSCCSc1nc(-c2ccccc2)c(-c2ccccc2)[nH]1. The Morgan fingerprint density at radius 2 is 1.52 bits per heavy atom. The standard InChI is InChI=1S/C21H24N2S2/c1-2-3-14-24-15-16-25-21-22-19(17-10-6-4-7-11-17)20(23-21)18-12-8-5-9-13-18/h4-13H,2-3,14-16H2,1H3,(H,22,23). The number of rotatable bonds is 9. The number of imidazole rings is 1. The number of thioether (sulfide) groups is 2. The lowest BCUT2D eigenvalue weighted by molar-refractivity contribution is 0.896. The molecule has 0 saturated heterocycles. The van der Waals surface area contributed by atoms with Crippen LogP contribution in [0.25, 0.3) is 22.5 Å². The molecule has 0 aliphatic carbocycles. The maximum atomic E-state index is 4.89. The van der Waals surface area contributed by atoms with E-state index in [-0.39, 0.29) is 0 Å². The molecular weight excluding hydrogens is 344 g/mol. The summed E-state index contributed by atoms with van der Waals surface area (Å²) in [6.07, 6.45) is 2.59. The maximum absolute atomic E-state index is 4.89. The summed E-state index contributed by atoms with van der Waals surface area (Å²) in [5.74, 6) is 3.52. The van der Waals surface area contributed by atoms with E-state index in [4.69, 9.17) is 4.98 Å². The number of nitrogens with zero attached hydrogens (tertiary/aromatic N) is 1. The lowest BCUT2D eigenvalue weighted by Gasteiger charge is -2.02. The minimum atomic E-state index is 1.01. The molecule has 1 aromatic heterocycles. The molecule has 4 heteroatoms. The van der Waals surface area contributed by atoms with E-state index in [0.717, 1.165) is 27.9 Å². The Morgan fingerprint density at radius 3 is 2.20 bits per heavy atom. The van der Waals surface area contributed by atoms with Crippen molar-refractivity contribution in [1.82, 2.24) is 9.97 Å². The molecule has 1 N–H and O–H groups in total. The number of aromatic amines is 1. The number of unbranched alkanes of at least 4 members (excludes halogenated alkanes) is 1. The van der Waals surface area contributed by atoms with Gasteiger partial charge in [0.15, 0.2) is 5.16 Å². The van der Waals surface area contributed by atoms with Crippen LogP contribution in [0, 0.1) is 0 Å². The molecule has 0 aliphatic heterocycles. The first-order valence-corrected chi connectivity index (χ1v) is 10.9. The highest BCUT2D eigenvalue weighted by molar-refractivity contribution is 8.02. The second-order valence-corrected chi connectivity index (χ2v) is 8.12. The van der Waals surface area contributed by atoms with Crippen molar-refractivity contribution < 1.29 is 0 Å². The van der Waals surface area contributed by atoms with Gasteiger partial charge in [-0.05, 0) is 12.2 Å². The van der Waals surface area contributed by atoms with E-state index in [0.29, 0.717) is 0 Å². The van der Waals surface area contributed by atoms with E-state index in [1.54, 1.807) is 0 Å². The van der Waals surface area contributed by atoms with Gasteiger partial charge in [0.05, 0.1) is 11.4 Å². The van der Waals surface area contributed by atoms with E-state index in [1.807, 2.05) is 35.7 Å². The van der Waals surface area contributed by atoms with Crippen LogP contribution in [0.5, 0.6) is 0 Å². The average molecular weight is 369 g/mol. The third-order valence-corrected chi connectivity index (χ3v) is 6.10. The van der Waals surface area contributed by atoms with Gasteiger partial charge in [0, 0.05) is 22.6 Å². The Hall–Kier alpha value is -1.65. The van der Waals surface area contributed by atoms with Gasteiger partial charge in [-0.25, -0.2) is 4.98 Å². The third kappa shape index (κ3) is 5.16. The number of aromatic nitrogens is 2. The van der Waals surface area contributed by atoms with Crippen LogP contribution in [0.15, 0.2) is 65.8 Å². The van der Waals surface area contributed by atoms with Crippen molar-refractivity contribution in [2.45, 2.75) is 24.9 Å². The van der Waals surface area contributed by atoms with Gasteiger partial charge in [-0.15, -0.1) is 0 Å². The highest BCUT2D eigenvalue weighted by Gasteiger charge is 2.14. The van der Waals surface area contributed by atoms with Gasteiger partial charge in [0.1, 0.15) is 0 Å². The second-order valence-electron chi connectivity index (χ2n) is 5.81. The Balaban J connectivity index is 1.76. The summed E-state index contributed by atoms with van der Waals surface area (Å²) in [5.41, 5.74) is 4.47. The number of hydrogen-bond acceptors (Lipinski definition) is 3. The molecule has 0 radical (unpaired) electrons. The minimum Gasteiger partial charge on any atom is -0.332 e. The molecule has 0 amide bonds. The molecule has 2 nitrogen and oxygen atoms in total. The maximum Gasteiger partial charge on any atom is 0.166 e. The van der Waals surface area contributed by atoms with Crippen molar-refractivity contribution >= 4 is 23.5 Å². The smallest absolute Gasteiger partial charge is 0.166 e. The molecule has 2 aromatic carbocycles. The average Bonchev–Trinajstić information content (AvgIpc) is 3.10. The zero-order valence-electron chi connectivity index (χ0n) is 14.6. The van der Waals surface area contributed by atoms with Crippen molar-refractivity contribution in [3.05, 3.63) is 60.7 Å². The summed E-state index contributed by atoms with van der Waals surface area (Å²) in [5, 5.41) is 1.01. The molecule has 0 unspecified atom stereocenters. The van der Waals surface area contributed by atoms with E-state index in [2.05, 4.69) is 60.4 Å². The van der Waals surface area contributed by atoms with Crippen LogP contribution in [0.2, 0.25) is 0 Å². The Labute approximate surface area is 158 Å². The van der Waals surface area contributed by atoms with E-state index < -0.39 is 0 Å². The molecule has 0 atom stereocenters. The fourth-order valence-corrected chi connectivity index (χ4v) is 4.61. The highest BCUT2D eigenvalue weighted by Crippen LogP contribution is 2.32. The van der Waals surface area contributed by atoms with Crippen molar-refractivity contribution in [2.75, 3.05) is 17.3 Å². The lowest BCUT2D eigenvalue weighted by Crippen LogP contribution is -1.87. The van der Waals surface area contributed by atoms with Crippen LogP contribution < -0.4 is 0 Å².